The van der Waals surface area contributed by atoms with Crippen molar-refractivity contribution in [2.45, 2.75) is 26.8 Å². The van der Waals surface area contributed by atoms with Crippen LogP contribution in [-0.2, 0) is 6.54 Å². The second-order valence-corrected chi connectivity index (χ2v) is 4.72. The lowest BCUT2D eigenvalue weighted by atomic mass is 10.2. The van der Waals surface area contributed by atoms with Crippen LogP contribution in [0, 0.1) is 0 Å². The summed E-state index contributed by atoms with van der Waals surface area (Å²) in [7, 11) is 0. The summed E-state index contributed by atoms with van der Waals surface area (Å²) in [5.74, 6) is 0.861. The summed E-state index contributed by atoms with van der Waals surface area (Å²) in [4.78, 5) is 8.76. The van der Waals surface area contributed by atoms with Crippen molar-refractivity contribution in [1.29, 1.82) is 0 Å². The third-order valence-electron chi connectivity index (χ3n) is 3.07. The minimum Gasteiger partial charge on any atom is -0.357 e. The molecule has 1 aromatic carbocycles. The third-order valence-corrected chi connectivity index (χ3v) is 3.07. The van der Waals surface area contributed by atoms with Crippen LogP contribution in [0.3, 0.4) is 0 Å². The van der Waals surface area contributed by atoms with Crippen molar-refractivity contribution in [1.82, 2.24) is 20.2 Å². The van der Waals surface area contributed by atoms with Gasteiger partial charge in [0.1, 0.15) is 0 Å². The SMILES string of the molecule is CCCNC(=NCc1ccccc1-n1ccnc1)NCC.I. The van der Waals surface area contributed by atoms with Crippen LogP contribution in [0.25, 0.3) is 5.69 Å². The lowest BCUT2D eigenvalue weighted by Gasteiger charge is -2.12. The molecule has 0 aliphatic heterocycles. The van der Waals surface area contributed by atoms with Crippen LogP contribution in [0.1, 0.15) is 25.8 Å². The molecule has 0 aliphatic rings. The fourth-order valence-corrected chi connectivity index (χ4v) is 2.05. The van der Waals surface area contributed by atoms with Crippen LogP contribution in [0.2, 0.25) is 0 Å². The minimum absolute atomic E-state index is 0. The Kier molecular flexibility index (Phi) is 8.57. The monoisotopic (exact) mass is 413 g/mol. The molecule has 120 valence electrons. The van der Waals surface area contributed by atoms with Gasteiger partial charge in [0.25, 0.3) is 0 Å². The molecular formula is C16H24IN5. The predicted molar refractivity (Wildman–Crippen MR) is 102 cm³/mol. The highest BCUT2D eigenvalue weighted by Gasteiger charge is 2.03. The lowest BCUT2D eigenvalue weighted by Crippen LogP contribution is -2.37. The Morgan fingerprint density at radius 3 is 2.73 bits per heavy atom. The Hall–Kier alpha value is -1.57. The quantitative estimate of drug-likeness (QED) is 0.435. The highest BCUT2D eigenvalue weighted by atomic mass is 127. The third kappa shape index (κ3) is 5.32. The summed E-state index contributed by atoms with van der Waals surface area (Å²) in [6.45, 7) is 6.63. The smallest absolute Gasteiger partial charge is 0.191 e. The van der Waals surface area contributed by atoms with E-state index in [9.17, 15) is 0 Å². The van der Waals surface area contributed by atoms with Gasteiger partial charge in [-0.1, -0.05) is 25.1 Å². The lowest BCUT2D eigenvalue weighted by molar-refractivity contribution is 0.784. The second kappa shape index (κ2) is 10.2. The molecule has 0 saturated heterocycles. The van der Waals surface area contributed by atoms with E-state index in [0.717, 1.165) is 31.2 Å². The van der Waals surface area contributed by atoms with Crippen molar-refractivity contribution in [2.75, 3.05) is 13.1 Å². The highest BCUT2D eigenvalue weighted by Crippen LogP contribution is 2.14. The number of nitrogens with zero attached hydrogens (tertiary/aromatic N) is 3. The molecule has 0 spiro atoms. The molecular weight excluding hydrogens is 389 g/mol. The van der Waals surface area contributed by atoms with Gasteiger partial charge in [-0.05, 0) is 25.0 Å². The number of benzene rings is 1. The first-order chi connectivity index (χ1) is 10.3. The molecule has 0 radical (unpaired) electrons. The number of hydrogen-bond acceptors (Lipinski definition) is 2. The first-order valence-corrected chi connectivity index (χ1v) is 7.43. The van der Waals surface area contributed by atoms with Gasteiger partial charge in [0.05, 0.1) is 18.6 Å². The highest BCUT2D eigenvalue weighted by molar-refractivity contribution is 14.0. The Bertz CT molecular complexity index is 566. The second-order valence-electron chi connectivity index (χ2n) is 4.72. The molecule has 1 heterocycles. The number of hydrogen-bond donors (Lipinski definition) is 2. The van der Waals surface area contributed by atoms with Crippen LogP contribution in [-0.4, -0.2) is 28.6 Å². The number of guanidine groups is 1. The summed E-state index contributed by atoms with van der Waals surface area (Å²) >= 11 is 0. The molecule has 0 saturated carbocycles. The van der Waals surface area contributed by atoms with E-state index in [1.165, 1.54) is 5.56 Å². The first-order valence-electron chi connectivity index (χ1n) is 7.43. The first kappa shape index (κ1) is 18.5. The Morgan fingerprint density at radius 2 is 2.05 bits per heavy atom. The molecule has 1 aromatic heterocycles. The molecule has 0 amide bonds. The zero-order valence-corrected chi connectivity index (χ0v) is 15.5. The van der Waals surface area contributed by atoms with Gasteiger partial charge in [-0.2, -0.15) is 0 Å². The molecule has 0 fully saturated rings. The zero-order chi connectivity index (χ0) is 14.9. The fraction of sp³-hybridized carbons (Fsp3) is 0.375. The van der Waals surface area contributed by atoms with Crippen LogP contribution < -0.4 is 10.6 Å². The van der Waals surface area contributed by atoms with Crippen LogP contribution >= 0.6 is 24.0 Å². The summed E-state index contributed by atoms with van der Waals surface area (Å²) in [5, 5.41) is 6.58. The Balaban J connectivity index is 0.00000242. The number of imidazole rings is 1. The largest absolute Gasteiger partial charge is 0.357 e. The minimum atomic E-state index is 0. The molecule has 0 unspecified atom stereocenters. The summed E-state index contributed by atoms with van der Waals surface area (Å²) < 4.78 is 2.01. The summed E-state index contributed by atoms with van der Waals surface area (Å²) in [6, 6.07) is 8.25. The van der Waals surface area contributed by atoms with Crippen molar-refractivity contribution in [3.05, 3.63) is 48.5 Å². The standard InChI is InChI=1S/C16H23N5.HI/c1-3-9-19-16(18-4-2)20-12-14-7-5-6-8-15(14)21-11-10-17-13-21;/h5-8,10-11,13H,3-4,9,12H2,1-2H3,(H2,18,19,20);1H. The zero-order valence-electron chi connectivity index (χ0n) is 13.1. The van der Waals surface area contributed by atoms with Gasteiger partial charge in [0.2, 0.25) is 0 Å². The maximum absolute atomic E-state index is 4.65. The number of aliphatic imine (C=N–C) groups is 1. The number of aromatic nitrogens is 2. The van der Waals surface area contributed by atoms with E-state index in [2.05, 4.69) is 46.6 Å². The van der Waals surface area contributed by atoms with Crippen molar-refractivity contribution in [3.8, 4) is 5.69 Å². The van der Waals surface area contributed by atoms with Gasteiger partial charge in [-0.3, -0.25) is 0 Å². The number of rotatable bonds is 6. The topological polar surface area (TPSA) is 54.2 Å². The molecule has 2 aromatic rings. The summed E-state index contributed by atoms with van der Waals surface area (Å²) in [5.41, 5.74) is 2.29. The average molecular weight is 413 g/mol. The predicted octanol–water partition coefficient (Wildman–Crippen LogP) is 2.96. The molecule has 2 N–H and O–H groups in total. The van der Waals surface area contributed by atoms with Crippen LogP contribution in [0.5, 0.6) is 0 Å². The number of nitrogens with one attached hydrogen (secondary N) is 2. The van der Waals surface area contributed by atoms with E-state index < -0.39 is 0 Å². The van der Waals surface area contributed by atoms with E-state index >= 15 is 0 Å². The normalized spacial score (nSPS) is 10.9. The average Bonchev–Trinajstić information content (AvgIpc) is 3.04. The molecule has 0 bridgehead atoms. The van der Waals surface area contributed by atoms with E-state index in [1.54, 1.807) is 6.20 Å². The molecule has 0 atom stereocenters. The van der Waals surface area contributed by atoms with E-state index in [-0.39, 0.29) is 24.0 Å². The Labute approximate surface area is 149 Å². The van der Waals surface area contributed by atoms with Gasteiger partial charge >= 0.3 is 0 Å². The molecule has 22 heavy (non-hydrogen) atoms. The maximum atomic E-state index is 4.65. The maximum Gasteiger partial charge on any atom is 0.191 e. The molecule has 2 rings (SSSR count). The van der Waals surface area contributed by atoms with Gasteiger partial charge in [0, 0.05) is 25.5 Å². The van der Waals surface area contributed by atoms with Gasteiger partial charge in [-0.25, -0.2) is 9.98 Å². The molecule has 5 nitrogen and oxygen atoms in total. The van der Waals surface area contributed by atoms with E-state index in [4.69, 9.17) is 0 Å². The number of halogens is 1. The number of para-hydroxylation sites is 1. The van der Waals surface area contributed by atoms with Crippen molar-refractivity contribution in [2.24, 2.45) is 4.99 Å². The van der Waals surface area contributed by atoms with Gasteiger partial charge < -0.3 is 15.2 Å². The van der Waals surface area contributed by atoms with Crippen LogP contribution in [0.4, 0.5) is 0 Å². The van der Waals surface area contributed by atoms with Crippen molar-refractivity contribution >= 4 is 29.9 Å². The van der Waals surface area contributed by atoms with Gasteiger partial charge in [-0.15, -0.1) is 24.0 Å². The van der Waals surface area contributed by atoms with E-state index in [0.29, 0.717) is 6.54 Å². The van der Waals surface area contributed by atoms with Crippen molar-refractivity contribution in [3.63, 3.8) is 0 Å². The molecule has 6 heteroatoms. The van der Waals surface area contributed by atoms with Crippen LogP contribution in [0.15, 0.2) is 48.0 Å². The Morgan fingerprint density at radius 1 is 1.23 bits per heavy atom. The van der Waals surface area contributed by atoms with Gasteiger partial charge in [0.15, 0.2) is 5.96 Å². The van der Waals surface area contributed by atoms with Crippen molar-refractivity contribution < 1.29 is 0 Å². The summed E-state index contributed by atoms with van der Waals surface area (Å²) in [6.07, 6.45) is 6.62. The van der Waals surface area contributed by atoms with E-state index in [1.807, 2.05) is 29.2 Å². The molecule has 0 aliphatic carbocycles. The fourth-order valence-electron chi connectivity index (χ4n) is 2.05.